The Kier molecular flexibility index (Phi) is 6.00. The monoisotopic (exact) mass is 374 g/mol. The van der Waals surface area contributed by atoms with Gasteiger partial charge in [0.25, 0.3) is 5.91 Å². The van der Waals surface area contributed by atoms with E-state index in [1.54, 1.807) is 12.1 Å². The topological polar surface area (TPSA) is 82.2 Å². The summed E-state index contributed by atoms with van der Waals surface area (Å²) in [4.78, 5) is 14.6. The van der Waals surface area contributed by atoms with E-state index in [9.17, 15) is 4.79 Å². The zero-order valence-electron chi connectivity index (χ0n) is 16.4. The second-order valence-corrected chi connectivity index (χ2v) is 7.17. The molecule has 0 bridgehead atoms. The molecule has 4 N–H and O–H groups in total. The molecule has 2 aromatic carbocycles. The van der Waals surface area contributed by atoms with Gasteiger partial charge in [0.05, 0.1) is 6.54 Å². The van der Waals surface area contributed by atoms with Gasteiger partial charge in [-0.25, -0.2) is 0 Å². The van der Waals surface area contributed by atoms with Crippen molar-refractivity contribution in [2.45, 2.75) is 32.7 Å². The van der Waals surface area contributed by atoms with Crippen LogP contribution in [-0.2, 0) is 0 Å². The number of carbonyl (C=O) groups is 1. The van der Waals surface area contributed by atoms with Crippen LogP contribution in [-0.4, -0.2) is 35.8 Å². The highest BCUT2D eigenvalue weighted by molar-refractivity contribution is 5.95. The Balaban J connectivity index is 1.61. The van der Waals surface area contributed by atoms with Gasteiger partial charge < -0.3 is 16.0 Å². The summed E-state index contributed by atoms with van der Waals surface area (Å²) in [6.07, 6.45) is 2.17. The van der Waals surface area contributed by atoms with Crippen molar-refractivity contribution in [3.63, 3.8) is 0 Å². The van der Waals surface area contributed by atoms with Crippen LogP contribution in [0.25, 0.3) is 0 Å². The molecule has 1 atom stereocenters. The summed E-state index contributed by atoms with van der Waals surface area (Å²) >= 11 is 0. The number of rotatable bonds is 4. The predicted molar refractivity (Wildman–Crippen MR) is 114 cm³/mol. The minimum Gasteiger partial charge on any atom is -0.384 e. The SMILES string of the molecule is Cc1cc(C(=O)N2CCCC2C)ccc1C#CCNc1ccc(C(=N)N)cc1. The van der Waals surface area contributed by atoms with Crippen molar-refractivity contribution in [1.82, 2.24) is 4.90 Å². The minimum atomic E-state index is 0.0583. The number of amides is 1. The molecule has 1 heterocycles. The first kappa shape index (κ1) is 19.5. The molecule has 1 aliphatic heterocycles. The standard InChI is InChI=1S/C23H26N4O/c1-16-15-20(23(28)27-14-4-5-17(27)2)8-7-18(16)6-3-13-26-21-11-9-19(10-12-21)22(24)25/h7-12,15,17,26H,4-5,13-14H2,1-2H3,(H3,24,25). The molecule has 1 aliphatic rings. The summed E-state index contributed by atoms with van der Waals surface area (Å²) < 4.78 is 0. The molecule has 3 rings (SSSR count). The molecule has 0 aromatic heterocycles. The highest BCUT2D eigenvalue weighted by atomic mass is 16.2. The highest BCUT2D eigenvalue weighted by Crippen LogP contribution is 2.20. The van der Waals surface area contributed by atoms with Gasteiger partial charge in [-0.05, 0) is 74.7 Å². The van der Waals surface area contributed by atoms with Crippen LogP contribution < -0.4 is 11.1 Å². The maximum atomic E-state index is 12.7. The fourth-order valence-electron chi connectivity index (χ4n) is 3.39. The lowest BCUT2D eigenvalue weighted by Gasteiger charge is -2.21. The van der Waals surface area contributed by atoms with Gasteiger partial charge in [0.2, 0.25) is 0 Å². The van der Waals surface area contributed by atoms with Gasteiger partial charge in [-0.3, -0.25) is 10.2 Å². The number of anilines is 1. The quantitative estimate of drug-likeness (QED) is 0.436. The molecule has 1 saturated heterocycles. The van der Waals surface area contributed by atoms with Crippen molar-refractivity contribution in [2.24, 2.45) is 5.73 Å². The minimum absolute atomic E-state index is 0.0583. The summed E-state index contributed by atoms with van der Waals surface area (Å²) in [5.41, 5.74) is 9.76. The molecular weight excluding hydrogens is 348 g/mol. The van der Waals surface area contributed by atoms with Gasteiger partial charge in [0, 0.05) is 35.0 Å². The van der Waals surface area contributed by atoms with E-state index in [-0.39, 0.29) is 11.7 Å². The average Bonchev–Trinajstić information content (AvgIpc) is 3.11. The number of likely N-dealkylation sites (tertiary alicyclic amines) is 1. The van der Waals surface area contributed by atoms with E-state index in [2.05, 4.69) is 24.1 Å². The molecule has 0 spiro atoms. The molecule has 28 heavy (non-hydrogen) atoms. The van der Waals surface area contributed by atoms with E-state index in [0.717, 1.165) is 41.8 Å². The third-order valence-electron chi connectivity index (χ3n) is 5.09. The van der Waals surface area contributed by atoms with E-state index in [0.29, 0.717) is 18.2 Å². The Morgan fingerprint density at radius 3 is 2.57 bits per heavy atom. The Morgan fingerprint density at radius 2 is 1.96 bits per heavy atom. The second kappa shape index (κ2) is 8.62. The summed E-state index contributed by atoms with van der Waals surface area (Å²) in [5, 5.41) is 10.6. The summed E-state index contributed by atoms with van der Waals surface area (Å²) in [5.74, 6) is 6.45. The first-order chi connectivity index (χ1) is 13.5. The van der Waals surface area contributed by atoms with E-state index in [1.165, 1.54) is 0 Å². The van der Waals surface area contributed by atoms with Crippen molar-refractivity contribution in [3.05, 3.63) is 64.7 Å². The summed E-state index contributed by atoms with van der Waals surface area (Å²) in [6.45, 7) is 5.45. The van der Waals surface area contributed by atoms with Crippen molar-refractivity contribution >= 4 is 17.4 Å². The predicted octanol–water partition coefficient (Wildman–Crippen LogP) is 3.37. The van der Waals surface area contributed by atoms with Crippen LogP contribution in [0.1, 0.15) is 46.8 Å². The molecule has 1 amide bonds. The van der Waals surface area contributed by atoms with E-state index in [1.807, 2.05) is 42.2 Å². The van der Waals surface area contributed by atoms with Gasteiger partial charge in [-0.15, -0.1) is 0 Å². The fourth-order valence-corrected chi connectivity index (χ4v) is 3.39. The number of aryl methyl sites for hydroxylation is 1. The van der Waals surface area contributed by atoms with Crippen LogP contribution in [0.2, 0.25) is 0 Å². The summed E-state index contributed by atoms with van der Waals surface area (Å²) in [6, 6.07) is 13.4. The number of benzene rings is 2. The normalized spacial score (nSPS) is 15.6. The van der Waals surface area contributed by atoms with Crippen molar-refractivity contribution < 1.29 is 4.79 Å². The first-order valence-corrected chi connectivity index (χ1v) is 9.54. The van der Waals surface area contributed by atoms with Gasteiger partial charge in [-0.2, -0.15) is 0 Å². The second-order valence-electron chi connectivity index (χ2n) is 7.17. The fraction of sp³-hybridized carbons (Fsp3) is 0.304. The van der Waals surface area contributed by atoms with Gasteiger partial charge in [0.1, 0.15) is 5.84 Å². The van der Waals surface area contributed by atoms with Crippen molar-refractivity contribution in [1.29, 1.82) is 5.41 Å². The number of amidine groups is 1. The third kappa shape index (κ3) is 4.52. The zero-order chi connectivity index (χ0) is 20.1. The van der Waals surface area contributed by atoms with E-state index < -0.39 is 0 Å². The lowest BCUT2D eigenvalue weighted by Crippen LogP contribution is -2.33. The van der Waals surface area contributed by atoms with Crippen molar-refractivity contribution in [3.8, 4) is 11.8 Å². The molecule has 0 saturated carbocycles. The Bertz CT molecular complexity index is 937. The molecule has 0 aliphatic carbocycles. The molecular formula is C23H26N4O. The molecule has 5 heteroatoms. The molecule has 1 fully saturated rings. The number of nitrogens with two attached hydrogens (primary N) is 1. The lowest BCUT2D eigenvalue weighted by molar-refractivity contribution is 0.0747. The van der Waals surface area contributed by atoms with Crippen LogP contribution in [0.15, 0.2) is 42.5 Å². The number of hydrogen-bond donors (Lipinski definition) is 3. The third-order valence-corrected chi connectivity index (χ3v) is 5.09. The largest absolute Gasteiger partial charge is 0.384 e. The Hall–Kier alpha value is -3.26. The number of nitrogens with one attached hydrogen (secondary N) is 2. The van der Waals surface area contributed by atoms with Gasteiger partial charge >= 0.3 is 0 Å². The molecule has 2 aromatic rings. The molecule has 5 nitrogen and oxygen atoms in total. The van der Waals surface area contributed by atoms with Crippen LogP contribution in [0, 0.1) is 24.2 Å². The Morgan fingerprint density at radius 1 is 1.25 bits per heavy atom. The van der Waals surface area contributed by atoms with E-state index >= 15 is 0 Å². The van der Waals surface area contributed by atoms with Gasteiger partial charge in [-0.1, -0.05) is 11.8 Å². The maximum absolute atomic E-state index is 12.7. The highest BCUT2D eigenvalue weighted by Gasteiger charge is 2.25. The van der Waals surface area contributed by atoms with Crippen LogP contribution in [0.3, 0.4) is 0 Å². The summed E-state index contributed by atoms with van der Waals surface area (Å²) in [7, 11) is 0. The van der Waals surface area contributed by atoms with Crippen LogP contribution in [0.4, 0.5) is 5.69 Å². The average molecular weight is 374 g/mol. The first-order valence-electron chi connectivity index (χ1n) is 9.54. The van der Waals surface area contributed by atoms with E-state index in [4.69, 9.17) is 11.1 Å². The lowest BCUT2D eigenvalue weighted by atomic mass is 10.0. The Labute approximate surface area is 166 Å². The number of hydrogen-bond acceptors (Lipinski definition) is 3. The zero-order valence-corrected chi connectivity index (χ0v) is 16.4. The molecule has 144 valence electrons. The van der Waals surface area contributed by atoms with Crippen LogP contribution >= 0.6 is 0 Å². The number of nitrogen functional groups attached to an aromatic ring is 1. The molecule has 1 unspecified atom stereocenters. The smallest absolute Gasteiger partial charge is 0.254 e. The van der Waals surface area contributed by atoms with Crippen LogP contribution in [0.5, 0.6) is 0 Å². The number of nitrogens with zero attached hydrogens (tertiary/aromatic N) is 1. The number of carbonyl (C=O) groups excluding carboxylic acids is 1. The van der Waals surface area contributed by atoms with Gasteiger partial charge in [0.15, 0.2) is 0 Å². The van der Waals surface area contributed by atoms with Crippen molar-refractivity contribution in [2.75, 3.05) is 18.4 Å². The maximum Gasteiger partial charge on any atom is 0.254 e. The molecule has 0 radical (unpaired) electrons.